The van der Waals surface area contributed by atoms with Crippen molar-refractivity contribution in [3.05, 3.63) is 33.9 Å². The fraction of sp³-hybridized carbons (Fsp3) is 0.364. The summed E-state index contributed by atoms with van der Waals surface area (Å²) in [4.78, 5) is 21.0. The van der Waals surface area contributed by atoms with Gasteiger partial charge in [0.1, 0.15) is 6.54 Å². The molecule has 0 saturated carbocycles. The molecule has 0 atom stereocenters. The monoisotopic (exact) mass is 302 g/mol. The van der Waals surface area contributed by atoms with Gasteiger partial charge >= 0.3 is 5.97 Å². The molecule has 0 bridgehead atoms. The van der Waals surface area contributed by atoms with Crippen LogP contribution in [0.4, 0.5) is 5.69 Å². The molecule has 0 aliphatic carbocycles. The summed E-state index contributed by atoms with van der Waals surface area (Å²) in [5.41, 5.74) is 0.0352. The van der Waals surface area contributed by atoms with Gasteiger partial charge in [0.25, 0.3) is 5.69 Å². The van der Waals surface area contributed by atoms with Gasteiger partial charge in [0, 0.05) is 19.2 Å². The first-order chi connectivity index (χ1) is 9.20. The Bertz CT molecular complexity index is 640. The fourth-order valence-corrected chi connectivity index (χ4v) is 2.85. The van der Waals surface area contributed by atoms with E-state index in [1.165, 1.54) is 20.0 Å². The van der Waals surface area contributed by atoms with E-state index >= 15 is 0 Å². The molecule has 0 aliphatic heterocycles. The zero-order valence-electron chi connectivity index (χ0n) is 11.2. The summed E-state index contributed by atoms with van der Waals surface area (Å²) < 4.78 is 29.7. The molecule has 0 aliphatic rings. The first kappa shape index (κ1) is 16.1. The van der Waals surface area contributed by atoms with Crippen LogP contribution in [0.3, 0.4) is 0 Å². The van der Waals surface area contributed by atoms with Crippen LogP contribution < -0.4 is 0 Å². The minimum Gasteiger partial charge on any atom is -0.468 e. The van der Waals surface area contributed by atoms with Crippen molar-refractivity contribution in [3.63, 3.8) is 0 Å². The van der Waals surface area contributed by atoms with Gasteiger partial charge in [-0.25, -0.2) is 8.42 Å². The summed E-state index contributed by atoms with van der Waals surface area (Å²) in [5.74, 6) is -0.698. The van der Waals surface area contributed by atoms with Crippen molar-refractivity contribution in [1.82, 2.24) is 4.31 Å². The van der Waals surface area contributed by atoms with Gasteiger partial charge < -0.3 is 4.74 Å². The zero-order chi connectivity index (χ0) is 15.5. The third kappa shape index (κ3) is 3.31. The lowest BCUT2D eigenvalue weighted by Crippen LogP contribution is -2.33. The third-order valence-corrected chi connectivity index (χ3v) is 4.60. The van der Waals surface area contributed by atoms with E-state index < -0.39 is 27.5 Å². The van der Waals surface area contributed by atoms with Crippen molar-refractivity contribution in [2.45, 2.75) is 11.8 Å². The molecule has 1 rings (SSSR count). The number of nitrogens with zero attached hydrogens (tertiary/aromatic N) is 2. The van der Waals surface area contributed by atoms with Crippen molar-refractivity contribution in [1.29, 1.82) is 0 Å². The van der Waals surface area contributed by atoms with Gasteiger partial charge in [-0.15, -0.1) is 0 Å². The summed E-state index contributed by atoms with van der Waals surface area (Å²) in [6.45, 7) is 1.02. The number of ether oxygens (including phenoxy) is 1. The normalized spacial score (nSPS) is 11.4. The van der Waals surface area contributed by atoms with Gasteiger partial charge in [-0.1, -0.05) is 0 Å². The van der Waals surface area contributed by atoms with Gasteiger partial charge in [-0.3, -0.25) is 14.9 Å². The van der Waals surface area contributed by atoms with E-state index in [0.717, 1.165) is 23.5 Å². The molecule has 20 heavy (non-hydrogen) atoms. The van der Waals surface area contributed by atoms with Crippen LogP contribution in [0, 0.1) is 17.0 Å². The van der Waals surface area contributed by atoms with Crippen LogP contribution in [-0.4, -0.2) is 44.3 Å². The maximum absolute atomic E-state index is 12.2. The summed E-state index contributed by atoms with van der Waals surface area (Å²) in [7, 11) is -1.53. The van der Waals surface area contributed by atoms with Gasteiger partial charge in [0.15, 0.2) is 0 Å². The summed E-state index contributed by atoms with van der Waals surface area (Å²) in [5, 5.41) is 10.6. The Morgan fingerprint density at radius 2 is 2.05 bits per heavy atom. The van der Waals surface area contributed by atoms with E-state index in [9.17, 15) is 23.3 Å². The Labute approximate surface area is 116 Å². The molecule has 0 N–H and O–H groups in total. The highest BCUT2D eigenvalue weighted by Gasteiger charge is 2.26. The molecule has 0 radical (unpaired) electrons. The quantitative estimate of drug-likeness (QED) is 0.450. The molecule has 0 unspecified atom stereocenters. The molecule has 0 fully saturated rings. The van der Waals surface area contributed by atoms with Crippen molar-refractivity contribution < 1.29 is 22.9 Å². The van der Waals surface area contributed by atoms with E-state index in [4.69, 9.17) is 0 Å². The lowest BCUT2D eigenvalue weighted by molar-refractivity contribution is -0.385. The Balaban J connectivity index is 3.16. The van der Waals surface area contributed by atoms with Crippen LogP contribution >= 0.6 is 0 Å². The highest BCUT2D eigenvalue weighted by atomic mass is 32.2. The Morgan fingerprint density at radius 1 is 1.45 bits per heavy atom. The lowest BCUT2D eigenvalue weighted by atomic mass is 10.2. The average molecular weight is 302 g/mol. The Kier molecular flexibility index (Phi) is 4.79. The number of aryl methyl sites for hydroxylation is 1. The molecule has 8 nitrogen and oxygen atoms in total. The van der Waals surface area contributed by atoms with Crippen LogP contribution in [0.5, 0.6) is 0 Å². The summed E-state index contributed by atoms with van der Waals surface area (Å²) in [6, 6.07) is 3.42. The lowest BCUT2D eigenvalue weighted by Gasteiger charge is -2.17. The number of sulfonamides is 1. The van der Waals surface area contributed by atoms with Gasteiger partial charge in [-0.05, 0) is 18.6 Å². The topological polar surface area (TPSA) is 107 Å². The molecule has 9 heteroatoms. The van der Waals surface area contributed by atoms with Crippen molar-refractivity contribution in [2.75, 3.05) is 20.7 Å². The SMILES string of the molecule is COC(=O)CN(C)S(=O)(=O)c1ccc([N+](=O)[O-])cc1C. The molecular weight excluding hydrogens is 288 g/mol. The number of esters is 1. The predicted molar refractivity (Wildman–Crippen MR) is 69.7 cm³/mol. The predicted octanol–water partition coefficient (Wildman–Crippen LogP) is 0.697. The maximum Gasteiger partial charge on any atom is 0.321 e. The van der Waals surface area contributed by atoms with E-state index in [2.05, 4.69) is 4.74 Å². The molecule has 0 amide bonds. The molecule has 1 aromatic rings. The number of benzene rings is 1. The van der Waals surface area contributed by atoms with E-state index in [1.807, 2.05) is 0 Å². The van der Waals surface area contributed by atoms with Gasteiger partial charge in [-0.2, -0.15) is 4.31 Å². The number of nitro benzene ring substituents is 1. The van der Waals surface area contributed by atoms with Gasteiger partial charge in [0.05, 0.1) is 16.9 Å². The van der Waals surface area contributed by atoms with Crippen LogP contribution in [0.1, 0.15) is 5.56 Å². The minimum atomic E-state index is -3.91. The molecule has 1 aromatic carbocycles. The first-order valence-corrected chi connectivity index (χ1v) is 6.92. The number of non-ortho nitro benzene ring substituents is 1. The number of hydrogen-bond donors (Lipinski definition) is 0. The van der Waals surface area contributed by atoms with Crippen LogP contribution in [0.15, 0.2) is 23.1 Å². The second-order valence-corrected chi connectivity index (χ2v) is 6.06. The molecule has 0 aromatic heterocycles. The smallest absolute Gasteiger partial charge is 0.321 e. The van der Waals surface area contributed by atoms with E-state index in [-0.39, 0.29) is 16.1 Å². The number of likely N-dealkylation sites (N-methyl/N-ethyl adjacent to an activating group) is 1. The first-order valence-electron chi connectivity index (χ1n) is 5.48. The standard InChI is InChI=1S/C11H14N2O6S/c1-8-6-9(13(15)16)4-5-10(8)20(17,18)12(2)7-11(14)19-3/h4-6H,7H2,1-3H3. The molecule has 0 heterocycles. The number of hydrogen-bond acceptors (Lipinski definition) is 6. The molecule has 0 saturated heterocycles. The Hall–Kier alpha value is -2.00. The van der Waals surface area contributed by atoms with E-state index in [0.29, 0.717) is 0 Å². The largest absolute Gasteiger partial charge is 0.468 e. The zero-order valence-corrected chi connectivity index (χ0v) is 12.0. The number of nitro groups is 1. The number of rotatable bonds is 5. The fourth-order valence-electron chi connectivity index (χ4n) is 1.54. The summed E-state index contributed by atoms with van der Waals surface area (Å²) in [6.07, 6.45) is 0. The minimum absolute atomic E-state index is 0.0884. The third-order valence-electron chi connectivity index (χ3n) is 2.64. The Morgan fingerprint density at radius 3 is 2.50 bits per heavy atom. The summed E-state index contributed by atoms with van der Waals surface area (Å²) >= 11 is 0. The van der Waals surface area contributed by atoms with Crippen LogP contribution in [0.25, 0.3) is 0 Å². The number of carbonyl (C=O) groups is 1. The van der Waals surface area contributed by atoms with Crippen LogP contribution in [0.2, 0.25) is 0 Å². The number of carbonyl (C=O) groups excluding carboxylic acids is 1. The molecule has 0 spiro atoms. The van der Waals surface area contributed by atoms with Crippen molar-refractivity contribution in [3.8, 4) is 0 Å². The van der Waals surface area contributed by atoms with Crippen molar-refractivity contribution in [2.24, 2.45) is 0 Å². The second kappa shape index (κ2) is 5.97. The maximum atomic E-state index is 12.2. The average Bonchev–Trinajstić information content (AvgIpc) is 2.37. The van der Waals surface area contributed by atoms with E-state index in [1.54, 1.807) is 0 Å². The highest BCUT2D eigenvalue weighted by Crippen LogP contribution is 2.23. The molecular formula is C11H14N2O6S. The number of methoxy groups -OCH3 is 1. The van der Waals surface area contributed by atoms with Crippen molar-refractivity contribution >= 4 is 21.7 Å². The second-order valence-electron chi connectivity index (χ2n) is 4.04. The van der Waals surface area contributed by atoms with Gasteiger partial charge in [0.2, 0.25) is 10.0 Å². The van der Waals surface area contributed by atoms with Crippen LogP contribution in [-0.2, 0) is 19.6 Å². The highest BCUT2D eigenvalue weighted by molar-refractivity contribution is 7.89. The molecule has 110 valence electrons.